The number of halogens is 1. The van der Waals surface area contributed by atoms with E-state index in [-0.39, 0.29) is 5.92 Å². The van der Waals surface area contributed by atoms with E-state index >= 15 is 0 Å². The largest absolute Gasteiger partial charge is 0.384 e. The molecule has 1 aliphatic heterocycles. The normalized spacial score (nSPS) is 31.8. The highest BCUT2D eigenvalue weighted by Crippen LogP contribution is 2.41. The third-order valence-corrected chi connectivity index (χ3v) is 5.02. The van der Waals surface area contributed by atoms with Crippen molar-refractivity contribution in [3.05, 3.63) is 15.0 Å². The summed E-state index contributed by atoms with van der Waals surface area (Å²) in [6, 6.07) is 0. The molecular formula is C10H15BrN2OS. The Morgan fingerprint density at radius 2 is 2.60 bits per heavy atom. The van der Waals surface area contributed by atoms with Crippen LogP contribution in [0.5, 0.6) is 0 Å². The lowest BCUT2D eigenvalue weighted by Gasteiger charge is -2.39. The zero-order valence-corrected chi connectivity index (χ0v) is 11.1. The van der Waals surface area contributed by atoms with E-state index in [1.54, 1.807) is 5.51 Å². The molecule has 1 fully saturated rings. The number of thiazole rings is 1. The fraction of sp³-hybridized carbons (Fsp3) is 0.700. The van der Waals surface area contributed by atoms with Crippen molar-refractivity contribution in [1.82, 2.24) is 10.3 Å². The molecule has 0 amide bonds. The van der Waals surface area contributed by atoms with E-state index in [1.807, 2.05) is 0 Å². The quantitative estimate of drug-likeness (QED) is 0.877. The van der Waals surface area contributed by atoms with Crippen LogP contribution in [0.25, 0.3) is 0 Å². The lowest BCUT2D eigenvalue weighted by atomic mass is 9.79. The van der Waals surface area contributed by atoms with Gasteiger partial charge in [0.05, 0.1) is 10.4 Å². The Morgan fingerprint density at radius 3 is 3.20 bits per heavy atom. The molecule has 84 valence electrons. The third kappa shape index (κ3) is 1.98. The van der Waals surface area contributed by atoms with E-state index in [0.717, 1.165) is 35.4 Å². The lowest BCUT2D eigenvalue weighted by Crippen LogP contribution is -2.47. The van der Waals surface area contributed by atoms with E-state index < -0.39 is 5.60 Å². The molecule has 2 heterocycles. The molecule has 1 aliphatic rings. The van der Waals surface area contributed by atoms with Crippen LogP contribution < -0.4 is 5.32 Å². The van der Waals surface area contributed by atoms with Gasteiger partial charge >= 0.3 is 0 Å². The summed E-state index contributed by atoms with van der Waals surface area (Å²) in [5.74, 6) is 0.281. The SMILES string of the molecule is CCC1CNCCC1(O)c1scnc1Br. The Kier molecular flexibility index (Phi) is 3.45. The number of aromatic nitrogens is 1. The monoisotopic (exact) mass is 290 g/mol. The molecule has 0 spiro atoms. The van der Waals surface area contributed by atoms with Crippen molar-refractivity contribution in [2.24, 2.45) is 5.92 Å². The van der Waals surface area contributed by atoms with Gasteiger partial charge in [-0.15, -0.1) is 11.3 Å². The average Bonchev–Trinajstić information content (AvgIpc) is 2.66. The molecule has 15 heavy (non-hydrogen) atoms. The molecule has 1 aromatic heterocycles. The Bertz CT molecular complexity index is 344. The second kappa shape index (κ2) is 4.49. The Morgan fingerprint density at radius 1 is 1.80 bits per heavy atom. The third-order valence-electron chi connectivity index (χ3n) is 3.16. The van der Waals surface area contributed by atoms with Crippen molar-refractivity contribution in [1.29, 1.82) is 0 Å². The van der Waals surface area contributed by atoms with E-state index in [0.29, 0.717) is 0 Å². The molecule has 3 nitrogen and oxygen atoms in total. The number of rotatable bonds is 2. The van der Waals surface area contributed by atoms with E-state index in [1.165, 1.54) is 11.3 Å². The summed E-state index contributed by atoms with van der Waals surface area (Å²) >= 11 is 4.95. The number of piperidine rings is 1. The fourth-order valence-electron chi connectivity index (χ4n) is 2.22. The van der Waals surface area contributed by atoms with Gasteiger partial charge in [0, 0.05) is 12.5 Å². The van der Waals surface area contributed by atoms with Crippen LogP contribution in [0, 0.1) is 5.92 Å². The molecule has 2 N–H and O–H groups in total. The maximum absolute atomic E-state index is 10.8. The van der Waals surface area contributed by atoms with Gasteiger partial charge in [0.15, 0.2) is 0 Å². The topological polar surface area (TPSA) is 45.1 Å². The van der Waals surface area contributed by atoms with Gasteiger partial charge in [-0.05, 0) is 35.3 Å². The van der Waals surface area contributed by atoms with Crippen molar-refractivity contribution in [2.45, 2.75) is 25.4 Å². The maximum atomic E-state index is 10.8. The van der Waals surface area contributed by atoms with Crippen LogP contribution in [0.3, 0.4) is 0 Å². The molecule has 0 bridgehead atoms. The van der Waals surface area contributed by atoms with Gasteiger partial charge < -0.3 is 10.4 Å². The summed E-state index contributed by atoms with van der Waals surface area (Å²) < 4.78 is 0.801. The first kappa shape index (κ1) is 11.5. The van der Waals surface area contributed by atoms with Gasteiger partial charge in [0.25, 0.3) is 0 Å². The van der Waals surface area contributed by atoms with Crippen LogP contribution in [-0.2, 0) is 5.60 Å². The van der Waals surface area contributed by atoms with Crippen LogP contribution in [0.2, 0.25) is 0 Å². The van der Waals surface area contributed by atoms with Gasteiger partial charge in [-0.25, -0.2) is 4.98 Å². The summed E-state index contributed by atoms with van der Waals surface area (Å²) in [5.41, 5.74) is 1.09. The molecule has 0 aromatic carbocycles. The molecule has 0 saturated carbocycles. The molecule has 1 aromatic rings. The number of hydrogen-bond acceptors (Lipinski definition) is 4. The zero-order valence-electron chi connectivity index (χ0n) is 8.66. The van der Waals surface area contributed by atoms with E-state index in [9.17, 15) is 5.11 Å². The number of hydrogen-bond donors (Lipinski definition) is 2. The van der Waals surface area contributed by atoms with Crippen LogP contribution in [0.15, 0.2) is 10.1 Å². The van der Waals surface area contributed by atoms with E-state index in [2.05, 4.69) is 33.2 Å². The number of nitrogens with zero attached hydrogens (tertiary/aromatic N) is 1. The minimum atomic E-state index is -0.694. The maximum Gasteiger partial charge on any atom is 0.123 e. The van der Waals surface area contributed by atoms with Gasteiger partial charge in [-0.3, -0.25) is 0 Å². The molecule has 2 atom stereocenters. The van der Waals surface area contributed by atoms with Gasteiger partial charge in [0.2, 0.25) is 0 Å². The van der Waals surface area contributed by atoms with Crippen molar-refractivity contribution in [3.8, 4) is 0 Å². The highest BCUT2D eigenvalue weighted by atomic mass is 79.9. The Balaban J connectivity index is 2.34. The minimum absolute atomic E-state index is 0.281. The Labute approximate surface area is 102 Å². The van der Waals surface area contributed by atoms with E-state index in [4.69, 9.17) is 0 Å². The molecule has 2 rings (SSSR count). The first-order valence-corrected chi connectivity index (χ1v) is 6.88. The standard InChI is InChI=1S/C10H15BrN2OS/c1-2-7-5-12-4-3-10(7,14)8-9(11)13-6-15-8/h6-7,12,14H,2-5H2,1H3. The van der Waals surface area contributed by atoms with Crippen LogP contribution in [-0.4, -0.2) is 23.2 Å². The first-order valence-electron chi connectivity index (χ1n) is 5.21. The second-order valence-electron chi connectivity index (χ2n) is 3.96. The summed E-state index contributed by atoms with van der Waals surface area (Å²) in [7, 11) is 0. The van der Waals surface area contributed by atoms with Crippen LogP contribution in [0.4, 0.5) is 0 Å². The summed E-state index contributed by atoms with van der Waals surface area (Å²) in [5, 5.41) is 14.1. The smallest absolute Gasteiger partial charge is 0.123 e. The van der Waals surface area contributed by atoms with Crippen molar-refractivity contribution >= 4 is 27.3 Å². The van der Waals surface area contributed by atoms with Gasteiger partial charge in [-0.1, -0.05) is 6.92 Å². The molecular weight excluding hydrogens is 276 g/mol. The van der Waals surface area contributed by atoms with Crippen molar-refractivity contribution in [3.63, 3.8) is 0 Å². The zero-order chi connectivity index (χ0) is 10.9. The molecule has 0 radical (unpaired) electrons. The number of nitrogens with one attached hydrogen (secondary N) is 1. The molecule has 0 aliphatic carbocycles. The summed E-state index contributed by atoms with van der Waals surface area (Å²) in [4.78, 5) is 5.14. The lowest BCUT2D eigenvalue weighted by molar-refractivity contribution is -0.0454. The fourth-order valence-corrected chi connectivity index (χ4v) is 3.97. The van der Waals surface area contributed by atoms with Crippen molar-refractivity contribution < 1.29 is 5.11 Å². The molecule has 5 heteroatoms. The minimum Gasteiger partial charge on any atom is -0.384 e. The first-order chi connectivity index (χ1) is 7.18. The van der Waals surface area contributed by atoms with Crippen LogP contribution in [0.1, 0.15) is 24.6 Å². The summed E-state index contributed by atoms with van der Waals surface area (Å²) in [6.07, 6.45) is 1.75. The van der Waals surface area contributed by atoms with Crippen LogP contribution >= 0.6 is 27.3 Å². The Hall–Kier alpha value is 0.0300. The molecule has 1 saturated heterocycles. The second-order valence-corrected chi connectivity index (χ2v) is 5.56. The molecule has 2 unspecified atom stereocenters. The average molecular weight is 291 g/mol. The van der Waals surface area contributed by atoms with Crippen molar-refractivity contribution in [2.75, 3.05) is 13.1 Å². The number of aliphatic hydroxyl groups is 1. The predicted octanol–water partition coefficient (Wildman–Crippen LogP) is 2.11. The highest BCUT2D eigenvalue weighted by molar-refractivity contribution is 9.10. The summed E-state index contributed by atoms with van der Waals surface area (Å²) in [6.45, 7) is 3.88. The highest BCUT2D eigenvalue weighted by Gasteiger charge is 2.41. The predicted molar refractivity (Wildman–Crippen MR) is 65.0 cm³/mol. The van der Waals surface area contributed by atoms with Gasteiger partial charge in [-0.2, -0.15) is 0 Å². The van der Waals surface area contributed by atoms with Gasteiger partial charge in [0.1, 0.15) is 10.2 Å².